The summed E-state index contributed by atoms with van der Waals surface area (Å²) in [5.41, 5.74) is 7.79. The molecule has 0 bridgehead atoms. The first kappa shape index (κ1) is 18.4. The average Bonchev–Trinajstić information content (AvgIpc) is 3.39. The van der Waals surface area contributed by atoms with E-state index in [4.69, 9.17) is 0 Å². The van der Waals surface area contributed by atoms with Crippen LogP contribution in [0.1, 0.15) is 22.4 Å². The molecule has 154 valence electrons. The zero-order valence-electron chi connectivity index (χ0n) is 17.8. The van der Waals surface area contributed by atoms with Crippen molar-refractivity contribution in [3.63, 3.8) is 0 Å². The van der Waals surface area contributed by atoms with Crippen molar-refractivity contribution in [2.24, 2.45) is 0 Å². The number of hydrogen-bond donors (Lipinski definition) is 0. The maximum Gasteiger partial charge on any atom is 0.847 e. The summed E-state index contributed by atoms with van der Waals surface area (Å²) in [7, 11) is -1.37. The predicted octanol–water partition coefficient (Wildman–Crippen LogP) is 6.49. The first-order chi connectivity index (χ1) is 16.3. The van der Waals surface area contributed by atoms with E-state index in [1.54, 1.807) is 0 Å². The molecule has 2 nitrogen and oxygen atoms in total. The molecule has 0 saturated carbocycles. The van der Waals surface area contributed by atoms with E-state index in [-0.39, 0.29) is 0 Å². The van der Waals surface area contributed by atoms with Crippen LogP contribution in [0.4, 0.5) is 4.32 Å². The van der Waals surface area contributed by atoms with Gasteiger partial charge in [0.2, 0.25) is 5.71 Å². The highest BCUT2D eigenvalue weighted by molar-refractivity contribution is 6.47. The van der Waals surface area contributed by atoms with Crippen molar-refractivity contribution < 1.29 is 8.80 Å². The molecule has 2 aliphatic rings. The van der Waals surface area contributed by atoms with Gasteiger partial charge in [-0.3, -0.25) is 4.48 Å². The highest BCUT2D eigenvalue weighted by Crippen LogP contribution is 2.42. The molecule has 0 N–H and O–H groups in total. The summed E-state index contributed by atoms with van der Waals surface area (Å²) in [5.74, 6) is 0. The lowest BCUT2D eigenvalue weighted by atomic mass is 9.94. The molecule has 4 heteroatoms. The van der Waals surface area contributed by atoms with Gasteiger partial charge in [-0.25, -0.2) is 8.80 Å². The summed E-state index contributed by atoms with van der Waals surface area (Å²) < 4.78 is 20.6. The van der Waals surface area contributed by atoms with Gasteiger partial charge in [0.25, 0.3) is 0 Å². The third-order valence-corrected chi connectivity index (χ3v) is 6.71. The van der Waals surface area contributed by atoms with Crippen molar-refractivity contribution in [1.82, 2.24) is 4.48 Å². The summed E-state index contributed by atoms with van der Waals surface area (Å²) in [6, 6.07) is 36.7. The monoisotopic (exact) mass is 425 g/mol. The van der Waals surface area contributed by atoms with Crippen LogP contribution in [-0.2, 0) is 0 Å². The van der Waals surface area contributed by atoms with E-state index in [1.165, 1.54) is 0 Å². The van der Waals surface area contributed by atoms with Gasteiger partial charge in [-0.05, 0) is 29.8 Å². The Morgan fingerprint density at radius 2 is 1.18 bits per heavy atom. The molecule has 5 aromatic rings. The molecular weight excluding hydrogens is 406 g/mol. The molecule has 7 rings (SSSR count). The Morgan fingerprint density at radius 3 is 1.91 bits per heavy atom. The summed E-state index contributed by atoms with van der Waals surface area (Å²) in [4.78, 5) is 0. The Morgan fingerprint density at radius 1 is 0.606 bits per heavy atom. The highest BCUT2D eigenvalue weighted by atomic mass is 19.1. The number of nitrogens with zero attached hydrogens (tertiary/aromatic N) is 2. The number of rotatable bonds is 2. The second kappa shape index (κ2) is 6.91. The lowest BCUT2D eigenvalue weighted by Crippen LogP contribution is -2.39. The van der Waals surface area contributed by atoms with Crippen molar-refractivity contribution >= 4 is 35.5 Å². The van der Waals surface area contributed by atoms with Gasteiger partial charge in [0.05, 0.1) is 22.5 Å². The highest BCUT2D eigenvalue weighted by Gasteiger charge is 2.52. The maximum absolute atomic E-state index is 16.8. The molecule has 0 amide bonds. The van der Waals surface area contributed by atoms with Crippen LogP contribution in [0.3, 0.4) is 0 Å². The van der Waals surface area contributed by atoms with Crippen LogP contribution in [-0.4, -0.2) is 21.9 Å². The van der Waals surface area contributed by atoms with Gasteiger partial charge in [-0.15, -0.1) is 0 Å². The van der Waals surface area contributed by atoms with E-state index in [2.05, 4.69) is 54.6 Å². The van der Waals surface area contributed by atoms with E-state index in [9.17, 15) is 0 Å². The molecular formula is C29H19BFN2+. The first-order valence-corrected chi connectivity index (χ1v) is 11.2. The van der Waals surface area contributed by atoms with Crippen LogP contribution in [0.15, 0.2) is 109 Å². The fourth-order valence-electron chi connectivity index (χ4n) is 5.35. The van der Waals surface area contributed by atoms with Crippen molar-refractivity contribution in [2.75, 3.05) is 0 Å². The van der Waals surface area contributed by atoms with Crippen molar-refractivity contribution in [1.29, 1.82) is 0 Å². The van der Waals surface area contributed by atoms with Crippen LogP contribution in [0.25, 0.3) is 33.8 Å². The summed E-state index contributed by atoms with van der Waals surface area (Å²) in [6.45, 7) is 0. The van der Waals surface area contributed by atoms with E-state index >= 15 is 4.32 Å². The summed E-state index contributed by atoms with van der Waals surface area (Å²) >= 11 is 0. The van der Waals surface area contributed by atoms with Gasteiger partial charge in [0, 0.05) is 22.4 Å². The minimum atomic E-state index is -1.37. The predicted molar refractivity (Wildman–Crippen MR) is 134 cm³/mol. The lowest BCUT2D eigenvalue weighted by molar-refractivity contribution is -0.287. The van der Waals surface area contributed by atoms with Crippen molar-refractivity contribution in [3.8, 4) is 11.3 Å². The second-order valence-corrected chi connectivity index (χ2v) is 8.49. The third kappa shape index (κ3) is 2.52. The summed E-state index contributed by atoms with van der Waals surface area (Å²) in [6.07, 6.45) is 2.15. The molecule has 4 aromatic carbocycles. The Balaban J connectivity index is 1.61. The third-order valence-electron chi connectivity index (χ3n) is 6.71. The summed E-state index contributed by atoms with van der Waals surface area (Å²) in [5, 5.41) is 2.13. The molecule has 0 radical (unpaired) electrons. The Bertz CT molecular complexity index is 1610. The number of benzene rings is 4. The average molecular weight is 425 g/mol. The Hall–Kier alpha value is -4.18. The fourth-order valence-corrected chi connectivity index (χ4v) is 5.35. The van der Waals surface area contributed by atoms with Gasteiger partial charge in [-0.1, -0.05) is 84.9 Å². The van der Waals surface area contributed by atoms with Crippen molar-refractivity contribution in [2.45, 2.75) is 0 Å². The molecule has 2 aliphatic heterocycles. The standard InChI is InChI=1S/C29H19BFN2/c31-30-32-26(22-15-7-9-17-24(22)28(32)20-11-3-1-4-12-20)19-27-23-16-8-10-18-25(23)29(33(27)30)21-13-5-2-6-14-21/h1-19H/q+1. The van der Waals surface area contributed by atoms with Gasteiger partial charge < -0.3 is 0 Å². The van der Waals surface area contributed by atoms with E-state index < -0.39 is 7.26 Å². The lowest BCUT2D eigenvalue weighted by Gasteiger charge is -2.16. The van der Waals surface area contributed by atoms with Crippen molar-refractivity contribution in [3.05, 3.63) is 132 Å². The topological polar surface area (TPSA) is 7.94 Å². The second-order valence-electron chi connectivity index (χ2n) is 8.49. The molecule has 3 heterocycles. The molecule has 0 saturated heterocycles. The largest absolute Gasteiger partial charge is 0.847 e. The first-order valence-electron chi connectivity index (χ1n) is 11.2. The number of hydrogen-bond acceptors (Lipinski definition) is 0. The van der Waals surface area contributed by atoms with Gasteiger partial charge in [-0.2, -0.15) is 0 Å². The molecule has 0 unspecified atom stereocenters. The molecule has 0 atom stereocenters. The van der Waals surface area contributed by atoms with Crippen LogP contribution < -0.4 is 0 Å². The minimum absolute atomic E-state index is 0.910. The van der Waals surface area contributed by atoms with Crippen LogP contribution in [0, 0.1) is 0 Å². The zero-order valence-corrected chi connectivity index (χ0v) is 17.8. The van der Waals surface area contributed by atoms with Crippen LogP contribution in [0.2, 0.25) is 0 Å². The smallest absolute Gasteiger partial charge is 0.285 e. The van der Waals surface area contributed by atoms with Crippen LogP contribution >= 0.6 is 0 Å². The maximum atomic E-state index is 16.8. The van der Waals surface area contributed by atoms with E-state index in [1.807, 2.05) is 69.6 Å². The van der Waals surface area contributed by atoms with Gasteiger partial charge in [0.1, 0.15) is 0 Å². The minimum Gasteiger partial charge on any atom is -0.285 e. The van der Waals surface area contributed by atoms with E-state index in [0.29, 0.717) is 0 Å². The zero-order chi connectivity index (χ0) is 21.9. The molecule has 0 aliphatic carbocycles. The molecule has 1 aromatic heterocycles. The quantitative estimate of drug-likeness (QED) is 0.286. The molecule has 0 spiro atoms. The normalized spacial score (nSPS) is 14.2. The molecule has 0 fully saturated rings. The Kier molecular flexibility index (Phi) is 3.85. The fraction of sp³-hybridized carbons (Fsp3) is 0. The molecule has 33 heavy (non-hydrogen) atoms. The van der Waals surface area contributed by atoms with E-state index in [0.717, 1.165) is 55.8 Å². The van der Waals surface area contributed by atoms with Gasteiger partial charge >= 0.3 is 7.26 Å². The van der Waals surface area contributed by atoms with Gasteiger partial charge in [0.15, 0.2) is 5.70 Å². The number of aromatic nitrogens is 1. The number of halogens is 1. The van der Waals surface area contributed by atoms with Crippen LogP contribution in [0.5, 0.6) is 0 Å². The Labute approximate surface area is 191 Å². The SMILES string of the molecule is FB1n2c(c3ccccc3c2-c2ccccc2)C=C2c3ccccc3C(c3ccccc3)=[N+]12. The number of fused-ring (bicyclic) bond motifs is 6.